The van der Waals surface area contributed by atoms with Crippen LogP contribution in [0.4, 0.5) is 11.4 Å². The largest absolute Gasteiger partial charge is 0.371 e. The van der Waals surface area contributed by atoms with Gasteiger partial charge in [0.05, 0.1) is 23.5 Å². The Kier molecular flexibility index (Phi) is 6.64. The van der Waals surface area contributed by atoms with Crippen molar-refractivity contribution in [3.8, 4) is 0 Å². The SMILES string of the molecule is CC.Clc1cccc(CN=C2Nc3ccc(Cl)cc3NC23CCNCC3)c1. The maximum absolute atomic E-state index is 6.17. The van der Waals surface area contributed by atoms with Crippen LogP contribution in [-0.2, 0) is 6.54 Å². The van der Waals surface area contributed by atoms with Crippen molar-refractivity contribution in [2.75, 3.05) is 23.7 Å². The van der Waals surface area contributed by atoms with Crippen LogP contribution in [0.5, 0.6) is 0 Å². The van der Waals surface area contributed by atoms with Gasteiger partial charge < -0.3 is 16.0 Å². The molecule has 0 radical (unpaired) electrons. The Hall–Kier alpha value is -1.75. The zero-order valence-corrected chi connectivity index (χ0v) is 17.3. The highest BCUT2D eigenvalue weighted by Crippen LogP contribution is 2.37. The maximum Gasteiger partial charge on any atom is 0.127 e. The van der Waals surface area contributed by atoms with Crippen molar-refractivity contribution >= 4 is 40.4 Å². The molecule has 27 heavy (non-hydrogen) atoms. The first-order valence-corrected chi connectivity index (χ1v) is 10.3. The zero-order chi connectivity index (χ0) is 19.3. The van der Waals surface area contributed by atoms with Crippen LogP contribution in [-0.4, -0.2) is 24.5 Å². The molecule has 4 rings (SSSR count). The van der Waals surface area contributed by atoms with E-state index in [1.165, 1.54) is 0 Å². The van der Waals surface area contributed by atoms with E-state index in [1.807, 2.05) is 50.2 Å². The fourth-order valence-corrected chi connectivity index (χ4v) is 3.89. The van der Waals surface area contributed by atoms with E-state index in [-0.39, 0.29) is 5.54 Å². The Morgan fingerprint density at radius 3 is 2.44 bits per heavy atom. The second-order valence-corrected chi connectivity index (χ2v) is 7.44. The molecule has 4 nitrogen and oxygen atoms in total. The smallest absolute Gasteiger partial charge is 0.127 e. The number of hydrogen-bond donors (Lipinski definition) is 3. The quantitative estimate of drug-likeness (QED) is 0.612. The summed E-state index contributed by atoms with van der Waals surface area (Å²) in [6.45, 7) is 6.52. The molecule has 0 atom stereocenters. The van der Waals surface area contributed by atoms with Crippen molar-refractivity contribution in [2.45, 2.75) is 38.8 Å². The average Bonchev–Trinajstić information content (AvgIpc) is 2.69. The van der Waals surface area contributed by atoms with E-state index in [1.54, 1.807) is 0 Å². The highest BCUT2D eigenvalue weighted by atomic mass is 35.5. The van der Waals surface area contributed by atoms with Gasteiger partial charge in [-0.15, -0.1) is 0 Å². The third-order valence-electron chi connectivity index (χ3n) is 4.83. The average molecular weight is 405 g/mol. The first-order chi connectivity index (χ1) is 13.1. The number of benzene rings is 2. The van der Waals surface area contributed by atoms with Crippen molar-refractivity contribution in [1.82, 2.24) is 5.32 Å². The predicted octanol–water partition coefficient (Wildman–Crippen LogP) is 5.58. The summed E-state index contributed by atoms with van der Waals surface area (Å²) in [5, 5.41) is 12.1. The molecule has 0 unspecified atom stereocenters. The summed E-state index contributed by atoms with van der Waals surface area (Å²) in [5.74, 6) is 0.990. The normalized spacial score (nSPS) is 18.7. The van der Waals surface area contributed by atoms with Gasteiger partial charge in [0.25, 0.3) is 0 Å². The third kappa shape index (κ3) is 4.57. The molecule has 1 saturated heterocycles. The second-order valence-electron chi connectivity index (χ2n) is 6.57. The summed E-state index contributed by atoms with van der Waals surface area (Å²) >= 11 is 12.3. The fraction of sp³-hybridized carbons (Fsp3) is 0.381. The van der Waals surface area contributed by atoms with Crippen molar-refractivity contribution in [2.24, 2.45) is 4.99 Å². The van der Waals surface area contributed by atoms with Gasteiger partial charge in [-0.25, -0.2) is 0 Å². The van der Waals surface area contributed by atoms with Gasteiger partial charge in [-0.1, -0.05) is 49.2 Å². The second kappa shape index (κ2) is 8.96. The molecule has 1 fully saturated rings. The van der Waals surface area contributed by atoms with Crippen LogP contribution in [0.3, 0.4) is 0 Å². The van der Waals surface area contributed by atoms with E-state index in [0.29, 0.717) is 6.54 Å². The van der Waals surface area contributed by atoms with Crippen molar-refractivity contribution in [3.05, 3.63) is 58.1 Å². The molecule has 144 valence electrons. The van der Waals surface area contributed by atoms with Crippen molar-refractivity contribution in [3.63, 3.8) is 0 Å². The van der Waals surface area contributed by atoms with Crippen LogP contribution in [0, 0.1) is 0 Å². The molecule has 0 amide bonds. The predicted molar refractivity (Wildman–Crippen MR) is 117 cm³/mol. The van der Waals surface area contributed by atoms with Gasteiger partial charge in [0.2, 0.25) is 0 Å². The minimum Gasteiger partial charge on any atom is -0.371 e. The fourth-order valence-electron chi connectivity index (χ4n) is 3.50. The number of hydrogen-bond acceptors (Lipinski definition) is 3. The Bertz CT molecular complexity index is 814. The molecule has 2 aliphatic rings. The first kappa shape index (κ1) is 20.0. The Morgan fingerprint density at radius 2 is 1.70 bits per heavy atom. The van der Waals surface area contributed by atoms with Gasteiger partial charge in [-0.2, -0.15) is 0 Å². The number of amidine groups is 1. The van der Waals surface area contributed by atoms with E-state index < -0.39 is 0 Å². The summed E-state index contributed by atoms with van der Waals surface area (Å²) in [5.41, 5.74) is 2.98. The number of nitrogens with zero attached hydrogens (tertiary/aromatic N) is 1. The van der Waals surface area contributed by atoms with Crippen LogP contribution in [0.15, 0.2) is 47.5 Å². The summed E-state index contributed by atoms with van der Waals surface area (Å²) in [6.07, 6.45) is 1.95. The number of fused-ring (bicyclic) bond motifs is 1. The summed E-state index contributed by atoms with van der Waals surface area (Å²) in [7, 11) is 0. The summed E-state index contributed by atoms with van der Waals surface area (Å²) in [4.78, 5) is 4.92. The van der Waals surface area contributed by atoms with E-state index in [9.17, 15) is 0 Å². The molecule has 0 bridgehead atoms. The molecule has 0 saturated carbocycles. The molecule has 2 aliphatic heterocycles. The van der Waals surface area contributed by atoms with Gasteiger partial charge in [0, 0.05) is 10.0 Å². The van der Waals surface area contributed by atoms with Crippen LogP contribution in [0.25, 0.3) is 0 Å². The monoisotopic (exact) mass is 404 g/mol. The van der Waals surface area contributed by atoms with E-state index >= 15 is 0 Å². The van der Waals surface area contributed by atoms with Crippen LogP contribution in [0.2, 0.25) is 10.0 Å². The number of anilines is 2. The van der Waals surface area contributed by atoms with Gasteiger partial charge in [-0.05, 0) is 61.8 Å². The van der Waals surface area contributed by atoms with E-state index in [0.717, 1.165) is 58.8 Å². The summed E-state index contributed by atoms with van der Waals surface area (Å²) in [6, 6.07) is 13.7. The van der Waals surface area contributed by atoms with Gasteiger partial charge >= 0.3 is 0 Å². The molecular weight excluding hydrogens is 379 g/mol. The first-order valence-electron chi connectivity index (χ1n) is 9.49. The molecule has 1 spiro atoms. The number of halogens is 2. The molecule has 2 aromatic carbocycles. The lowest BCUT2D eigenvalue weighted by Crippen LogP contribution is -2.57. The summed E-state index contributed by atoms with van der Waals surface area (Å²) < 4.78 is 0. The Morgan fingerprint density at radius 1 is 0.963 bits per heavy atom. The lowest BCUT2D eigenvalue weighted by atomic mass is 9.84. The zero-order valence-electron chi connectivity index (χ0n) is 15.8. The van der Waals surface area contributed by atoms with Crippen LogP contribution >= 0.6 is 23.2 Å². The molecular formula is C21H26Cl2N4. The highest BCUT2D eigenvalue weighted by Gasteiger charge is 2.40. The van der Waals surface area contributed by atoms with Crippen molar-refractivity contribution in [1.29, 1.82) is 0 Å². The minimum absolute atomic E-state index is 0.179. The van der Waals surface area contributed by atoms with E-state index in [4.69, 9.17) is 28.2 Å². The lowest BCUT2D eigenvalue weighted by Gasteiger charge is -2.44. The molecule has 0 aliphatic carbocycles. The number of rotatable bonds is 2. The van der Waals surface area contributed by atoms with Crippen molar-refractivity contribution < 1.29 is 0 Å². The molecule has 0 aromatic heterocycles. The van der Waals surface area contributed by atoms with E-state index in [2.05, 4.69) is 22.0 Å². The molecule has 6 heteroatoms. The maximum atomic E-state index is 6.17. The lowest BCUT2D eigenvalue weighted by molar-refractivity contribution is 0.419. The minimum atomic E-state index is -0.179. The highest BCUT2D eigenvalue weighted by molar-refractivity contribution is 6.31. The topological polar surface area (TPSA) is 48.5 Å². The Labute approximate surface area is 171 Å². The van der Waals surface area contributed by atoms with Gasteiger partial charge in [0.15, 0.2) is 0 Å². The number of nitrogens with one attached hydrogen (secondary N) is 3. The number of aliphatic imine (C=N–C) groups is 1. The van der Waals surface area contributed by atoms with Crippen LogP contribution in [0.1, 0.15) is 32.3 Å². The van der Waals surface area contributed by atoms with Gasteiger partial charge in [0.1, 0.15) is 5.84 Å². The molecule has 3 N–H and O–H groups in total. The molecule has 2 heterocycles. The van der Waals surface area contributed by atoms with Crippen LogP contribution < -0.4 is 16.0 Å². The van der Waals surface area contributed by atoms with Gasteiger partial charge in [-0.3, -0.25) is 4.99 Å². The standard InChI is InChI=1S/C19H20Cl2N4.C2H6/c20-14-3-1-2-13(10-14)12-23-18-19(6-8-22-9-7-19)25-17-11-15(21)4-5-16(17)24-18;1-2/h1-5,10-11,22,25H,6-9,12H2,(H,23,24);1-2H3. The molecule has 2 aromatic rings. The third-order valence-corrected chi connectivity index (χ3v) is 5.30. The number of piperidine rings is 1. The Balaban J connectivity index is 0.00000102.